The topological polar surface area (TPSA) is 50.4 Å². The monoisotopic (exact) mass is 332 g/mol. The molecule has 1 spiro atoms. The molecule has 0 aromatic heterocycles. The zero-order valence-corrected chi connectivity index (χ0v) is 14.2. The molecular formula is C18H24N2O2S. The van der Waals surface area contributed by atoms with Gasteiger partial charge in [-0.25, -0.2) is 4.79 Å². The smallest absolute Gasteiger partial charge is 0.315 e. The van der Waals surface area contributed by atoms with Crippen molar-refractivity contribution in [1.82, 2.24) is 10.6 Å². The minimum Gasteiger partial charge on any atom is -0.374 e. The average molecular weight is 332 g/mol. The molecule has 0 radical (unpaired) electrons. The van der Waals surface area contributed by atoms with Gasteiger partial charge in [-0.1, -0.05) is 24.3 Å². The van der Waals surface area contributed by atoms with Crippen LogP contribution in [-0.2, 0) is 11.2 Å². The van der Waals surface area contributed by atoms with Gasteiger partial charge in [-0.15, -0.1) is 0 Å². The molecule has 3 atom stereocenters. The van der Waals surface area contributed by atoms with Crippen molar-refractivity contribution in [3.63, 3.8) is 0 Å². The summed E-state index contributed by atoms with van der Waals surface area (Å²) in [7, 11) is 0. The van der Waals surface area contributed by atoms with Crippen LogP contribution in [-0.4, -0.2) is 35.8 Å². The Bertz CT molecular complexity index is 586. The van der Waals surface area contributed by atoms with Crippen LogP contribution in [0.15, 0.2) is 24.3 Å². The lowest BCUT2D eigenvalue weighted by Gasteiger charge is -2.38. The number of rotatable bonds is 2. The van der Waals surface area contributed by atoms with Gasteiger partial charge in [0, 0.05) is 18.4 Å². The maximum Gasteiger partial charge on any atom is 0.315 e. The number of benzene rings is 1. The zero-order valence-electron chi connectivity index (χ0n) is 13.3. The summed E-state index contributed by atoms with van der Waals surface area (Å²) in [6.45, 7) is 0.762. The number of thioether (sulfide) groups is 1. The second kappa shape index (κ2) is 6.36. The highest BCUT2D eigenvalue weighted by molar-refractivity contribution is 7.99. The summed E-state index contributed by atoms with van der Waals surface area (Å²) in [5, 5.41) is 6.35. The van der Waals surface area contributed by atoms with Crippen molar-refractivity contribution in [3.8, 4) is 0 Å². The number of ether oxygens (including phenoxy) is 1. The predicted molar refractivity (Wildman–Crippen MR) is 92.8 cm³/mol. The van der Waals surface area contributed by atoms with Crippen molar-refractivity contribution < 1.29 is 9.53 Å². The molecule has 1 aromatic rings. The first kappa shape index (κ1) is 15.3. The number of aryl methyl sites for hydroxylation is 1. The third-order valence-corrected chi connectivity index (χ3v) is 6.56. The van der Waals surface area contributed by atoms with Crippen molar-refractivity contribution >= 4 is 17.8 Å². The molecule has 4 nitrogen and oxygen atoms in total. The number of carbonyl (C=O) groups is 1. The predicted octanol–water partition coefficient (Wildman–Crippen LogP) is 3.03. The summed E-state index contributed by atoms with van der Waals surface area (Å²) < 4.78 is 6.03. The van der Waals surface area contributed by atoms with E-state index in [0.717, 1.165) is 44.5 Å². The highest BCUT2D eigenvalue weighted by Gasteiger charge is 2.41. The molecule has 0 unspecified atom stereocenters. The van der Waals surface area contributed by atoms with Gasteiger partial charge < -0.3 is 15.4 Å². The van der Waals surface area contributed by atoms with Gasteiger partial charge in [0.1, 0.15) is 0 Å². The van der Waals surface area contributed by atoms with E-state index in [1.54, 1.807) is 0 Å². The summed E-state index contributed by atoms with van der Waals surface area (Å²) in [5.74, 6) is 2.25. The Morgan fingerprint density at radius 2 is 2.17 bits per heavy atom. The molecule has 0 bridgehead atoms. The first-order valence-corrected chi connectivity index (χ1v) is 9.76. The Hall–Kier alpha value is -1.20. The summed E-state index contributed by atoms with van der Waals surface area (Å²) >= 11 is 1.97. The van der Waals surface area contributed by atoms with E-state index >= 15 is 0 Å². The van der Waals surface area contributed by atoms with Gasteiger partial charge in [-0.3, -0.25) is 0 Å². The zero-order chi connectivity index (χ0) is 15.7. The van der Waals surface area contributed by atoms with Crippen LogP contribution >= 0.6 is 11.8 Å². The molecule has 2 heterocycles. The Labute approximate surface area is 141 Å². The van der Waals surface area contributed by atoms with E-state index in [-0.39, 0.29) is 23.7 Å². The summed E-state index contributed by atoms with van der Waals surface area (Å²) in [6, 6.07) is 8.78. The number of fused-ring (bicyclic) bond motifs is 1. The number of hydrogen-bond acceptors (Lipinski definition) is 3. The number of amides is 2. The first-order valence-electron chi connectivity index (χ1n) is 8.61. The summed E-state index contributed by atoms with van der Waals surface area (Å²) in [5.41, 5.74) is 2.66. The molecule has 23 heavy (non-hydrogen) atoms. The second-order valence-corrected chi connectivity index (χ2v) is 8.04. The molecule has 0 saturated carbocycles. The van der Waals surface area contributed by atoms with Crippen molar-refractivity contribution in [2.24, 2.45) is 0 Å². The van der Waals surface area contributed by atoms with Gasteiger partial charge in [0.25, 0.3) is 0 Å². The van der Waals surface area contributed by atoms with Crippen molar-refractivity contribution in [1.29, 1.82) is 0 Å². The number of nitrogens with one attached hydrogen (secondary N) is 2. The van der Waals surface area contributed by atoms with Gasteiger partial charge in [0.2, 0.25) is 0 Å². The largest absolute Gasteiger partial charge is 0.374 e. The van der Waals surface area contributed by atoms with Crippen LogP contribution in [0.25, 0.3) is 0 Å². The quantitative estimate of drug-likeness (QED) is 0.875. The van der Waals surface area contributed by atoms with Crippen LogP contribution < -0.4 is 10.6 Å². The van der Waals surface area contributed by atoms with Crippen LogP contribution in [0, 0.1) is 0 Å². The van der Waals surface area contributed by atoms with Gasteiger partial charge in [0.15, 0.2) is 0 Å². The fraction of sp³-hybridized carbons (Fsp3) is 0.611. The summed E-state index contributed by atoms with van der Waals surface area (Å²) in [4.78, 5) is 12.4. The molecule has 3 aliphatic rings. The molecule has 124 valence electrons. The van der Waals surface area contributed by atoms with Crippen LogP contribution in [0.2, 0.25) is 0 Å². The number of hydrogen-bond donors (Lipinski definition) is 2. The summed E-state index contributed by atoms with van der Waals surface area (Å²) in [6.07, 6.45) is 5.04. The molecule has 2 fully saturated rings. The fourth-order valence-corrected chi connectivity index (χ4v) is 5.48. The standard InChI is InChI=1S/C18H24N2O2S/c21-17(20-16-6-5-13-3-1-2-4-15(13)16)19-14-7-9-22-18(11-14)8-10-23-12-18/h1-4,14,16H,5-12H2,(H2,19,20,21)/t14-,16-,18+/m1/s1. The van der Waals surface area contributed by atoms with Gasteiger partial charge in [-0.2, -0.15) is 11.8 Å². The Morgan fingerprint density at radius 3 is 3.04 bits per heavy atom. The minimum absolute atomic E-state index is 0.0147. The van der Waals surface area contributed by atoms with Crippen LogP contribution in [0.1, 0.15) is 42.9 Å². The van der Waals surface area contributed by atoms with Gasteiger partial charge >= 0.3 is 6.03 Å². The fourth-order valence-electron chi connectivity index (χ4n) is 4.11. The minimum atomic E-state index is -0.0283. The Morgan fingerprint density at radius 1 is 1.26 bits per heavy atom. The molecule has 1 aliphatic carbocycles. The van der Waals surface area contributed by atoms with E-state index in [1.165, 1.54) is 16.9 Å². The lowest BCUT2D eigenvalue weighted by atomic mass is 9.90. The van der Waals surface area contributed by atoms with Crippen molar-refractivity contribution in [2.75, 3.05) is 18.1 Å². The lowest BCUT2D eigenvalue weighted by Crippen LogP contribution is -2.51. The molecule has 1 aromatic carbocycles. The van der Waals surface area contributed by atoms with E-state index in [4.69, 9.17) is 4.74 Å². The lowest BCUT2D eigenvalue weighted by molar-refractivity contribution is -0.0684. The highest BCUT2D eigenvalue weighted by atomic mass is 32.2. The maximum atomic E-state index is 12.4. The van der Waals surface area contributed by atoms with Crippen LogP contribution in [0.4, 0.5) is 4.79 Å². The molecule has 4 rings (SSSR count). The SMILES string of the molecule is O=C(N[C@@H]1CCO[C@@]2(CCSC2)C1)N[C@@H]1CCc2ccccc21. The van der Waals surface area contributed by atoms with Crippen LogP contribution in [0.3, 0.4) is 0 Å². The van der Waals surface area contributed by atoms with E-state index in [1.807, 2.05) is 11.8 Å². The highest BCUT2D eigenvalue weighted by Crippen LogP contribution is 2.38. The molecular weight excluding hydrogens is 308 g/mol. The molecule has 2 saturated heterocycles. The second-order valence-electron chi connectivity index (χ2n) is 6.93. The van der Waals surface area contributed by atoms with E-state index in [2.05, 4.69) is 34.9 Å². The van der Waals surface area contributed by atoms with E-state index in [9.17, 15) is 4.79 Å². The Balaban J connectivity index is 1.34. The van der Waals surface area contributed by atoms with Gasteiger partial charge in [-0.05, 0) is 49.0 Å². The molecule has 2 aliphatic heterocycles. The number of carbonyl (C=O) groups excluding carboxylic acids is 1. The first-order chi connectivity index (χ1) is 11.2. The molecule has 2 N–H and O–H groups in total. The van der Waals surface area contributed by atoms with E-state index in [0.29, 0.717) is 0 Å². The van der Waals surface area contributed by atoms with Gasteiger partial charge in [0.05, 0.1) is 11.6 Å². The van der Waals surface area contributed by atoms with Crippen molar-refractivity contribution in [2.45, 2.75) is 49.8 Å². The third kappa shape index (κ3) is 3.22. The third-order valence-electron chi connectivity index (χ3n) is 5.33. The average Bonchev–Trinajstić information content (AvgIpc) is 3.15. The van der Waals surface area contributed by atoms with Crippen LogP contribution in [0.5, 0.6) is 0 Å². The number of urea groups is 1. The molecule has 5 heteroatoms. The maximum absolute atomic E-state index is 12.4. The van der Waals surface area contributed by atoms with Crippen molar-refractivity contribution in [3.05, 3.63) is 35.4 Å². The normalized spacial score (nSPS) is 32.7. The molecule has 2 amide bonds. The Kier molecular flexibility index (Phi) is 4.24. The van der Waals surface area contributed by atoms with E-state index < -0.39 is 0 Å².